The first-order valence-electron chi connectivity index (χ1n) is 2.38. The Hall–Kier alpha value is -0.160. The first kappa shape index (κ1) is 9.84. The van der Waals surface area contributed by atoms with Gasteiger partial charge in [-0.15, -0.1) is 12.4 Å². The molecule has 2 nitrogen and oxygen atoms in total. The van der Waals surface area contributed by atoms with Crippen molar-refractivity contribution in [2.75, 3.05) is 0 Å². The largest absolute Gasteiger partial charge is 0.504 e. The summed E-state index contributed by atoms with van der Waals surface area (Å²) >= 11 is 1.94. The van der Waals surface area contributed by atoms with E-state index in [0.29, 0.717) is 3.57 Å². The molecule has 0 aliphatic heterocycles. The maximum absolute atomic E-state index is 8.95. The van der Waals surface area contributed by atoms with Crippen molar-refractivity contribution in [3.63, 3.8) is 0 Å². The SMILES string of the molecule is Cl.Oc1cccc(I)c1O. The third-order valence-corrected chi connectivity index (χ3v) is 1.84. The van der Waals surface area contributed by atoms with E-state index < -0.39 is 0 Å². The summed E-state index contributed by atoms with van der Waals surface area (Å²) in [6.07, 6.45) is 0. The lowest BCUT2D eigenvalue weighted by Gasteiger charge is -1.96. The van der Waals surface area contributed by atoms with Crippen molar-refractivity contribution < 1.29 is 10.2 Å². The molecule has 0 saturated heterocycles. The summed E-state index contributed by atoms with van der Waals surface area (Å²) < 4.78 is 0.660. The van der Waals surface area contributed by atoms with Crippen LogP contribution in [0.4, 0.5) is 0 Å². The molecular formula is C6H6ClIO2. The summed E-state index contributed by atoms with van der Waals surface area (Å²) in [5, 5.41) is 17.8. The molecule has 1 rings (SSSR count). The van der Waals surface area contributed by atoms with Crippen LogP contribution in [0.15, 0.2) is 18.2 Å². The smallest absolute Gasteiger partial charge is 0.171 e. The van der Waals surface area contributed by atoms with E-state index in [4.69, 9.17) is 10.2 Å². The molecule has 0 radical (unpaired) electrons. The number of halogens is 2. The number of para-hydroxylation sites is 1. The van der Waals surface area contributed by atoms with Gasteiger partial charge >= 0.3 is 0 Å². The Morgan fingerprint density at radius 2 is 1.80 bits per heavy atom. The molecule has 0 aromatic heterocycles. The third-order valence-electron chi connectivity index (χ3n) is 0.965. The molecule has 0 atom stereocenters. The average molecular weight is 272 g/mol. The van der Waals surface area contributed by atoms with E-state index in [1.807, 2.05) is 22.6 Å². The summed E-state index contributed by atoms with van der Waals surface area (Å²) in [5.74, 6) is -0.111. The van der Waals surface area contributed by atoms with Crippen molar-refractivity contribution in [1.29, 1.82) is 0 Å². The highest BCUT2D eigenvalue weighted by Crippen LogP contribution is 2.28. The Labute approximate surface area is 78.4 Å². The second kappa shape index (κ2) is 3.88. The van der Waals surface area contributed by atoms with Crippen LogP contribution in [0.5, 0.6) is 11.5 Å². The first-order chi connectivity index (χ1) is 4.22. The molecule has 1 aromatic rings. The lowest BCUT2D eigenvalue weighted by Crippen LogP contribution is -1.71. The van der Waals surface area contributed by atoms with Crippen LogP contribution in [0.2, 0.25) is 0 Å². The highest BCUT2D eigenvalue weighted by Gasteiger charge is 1.99. The van der Waals surface area contributed by atoms with Crippen LogP contribution in [0.1, 0.15) is 0 Å². The van der Waals surface area contributed by atoms with Crippen molar-refractivity contribution >= 4 is 35.0 Å². The molecule has 1 aromatic carbocycles. The second-order valence-electron chi connectivity index (χ2n) is 1.61. The van der Waals surface area contributed by atoms with Crippen molar-refractivity contribution in [1.82, 2.24) is 0 Å². The average Bonchev–Trinajstić information content (AvgIpc) is 1.83. The summed E-state index contributed by atoms with van der Waals surface area (Å²) in [6, 6.07) is 4.84. The van der Waals surface area contributed by atoms with Crippen LogP contribution in [-0.4, -0.2) is 10.2 Å². The zero-order chi connectivity index (χ0) is 6.85. The van der Waals surface area contributed by atoms with Crippen LogP contribution in [-0.2, 0) is 0 Å². The van der Waals surface area contributed by atoms with E-state index in [0.717, 1.165) is 0 Å². The fourth-order valence-corrected chi connectivity index (χ4v) is 0.988. The fourth-order valence-electron chi connectivity index (χ4n) is 0.504. The van der Waals surface area contributed by atoms with E-state index >= 15 is 0 Å². The van der Waals surface area contributed by atoms with Crippen LogP contribution >= 0.6 is 35.0 Å². The molecule has 0 fully saturated rings. The fraction of sp³-hybridized carbons (Fsp3) is 0. The molecule has 0 heterocycles. The van der Waals surface area contributed by atoms with Crippen LogP contribution in [0, 0.1) is 3.57 Å². The van der Waals surface area contributed by atoms with Crippen molar-refractivity contribution in [3.05, 3.63) is 21.8 Å². The minimum Gasteiger partial charge on any atom is -0.504 e. The van der Waals surface area contributed by atoms with E-state index in [1.54, 1.807) is 12.1 Å². The number of benzene rings is 1. The molecule has 0 amide bonds. The van der Waals surface area contributed by atoms with Gasteiger partial charge in [0.15, 0.2) is 11.5 Å². The van der Waals surface area contributed by atoms with Crippen molar-refractivity contribution in [3.8, 4) is 11.5 Å². The molecule has 0 bridgehead atoms. The van der Waals surface area contributed by atoms with E-state index in [1.165, 1.54) is 6.07 Å². The molecule has 0 aliphatic rings. The summed E-state index contributed by atoms with van der Waals surface area (Å²) in [5.41, 5.74) is 0. The third kappa shape index (κ3) is 1.91. The van der Waals surface area contributed by atoms with Gasteiger partial charge in [0.25, 0.3) is 0 Å². The number of hydrogen-bond donors (Lipinski definition) is 2. The monoisotopic (exact) mass is 272 g/mol. The minimum absolute atomic E-state index is 0. The molecular weight excluding hydrogens is 266 g/mol. The van der Waals surface area contributed by atoms with Gasteiger partial charge in [0.1, 0.15) is 0 Å². The number of phenolic OH excluding ortho intramolecular Hbond substituents is 2. The first-order valence-corrected chi connectivity index (χ1v) is 3.46. The van der Waals surface area contributed by atoms with Crippen molar-refractivity contribution in [2.45, 2.75) is 0 Å². The summed E-state index contributed by atoms with van der Waals surface area (Å²) in [6.45, 7) is 0. The molecule has 0 saturated carbocycles. The maximum atomic E-state index is 8.95. The van der Waals surface area contributed by atoms with E-state index in [9.17, 15) is 0 Å². The molecule has 56 valence electrons. The van der Waals surface area contributed by atoms with Gasteiger partial charge in [-0.2, -0.15) is 0 Å². The van der Waals surface area contributed by atoms with Gasteiger partial charge in [0, 0.05) is 0 Å². The Balaban J connectivity index is 0.000000810. The molecule has 0 spiro atoms. The van der Waals surface area contributed by atoms with Gasteiger partial charge in [-0.3, -0.25) is 0 Å². The minimum atomic E-state index is -0.0677. The Morgan fingerprint density at radius 3 is 2.20 bits per heavy atom. The Morgan fingerprint density at radius 1 is 1.20 bits per heavy atom. The van der Waals surface area contributed by atoms with Crippen LogP contribution in [0.3, 0.4) is 0 Å². The molecule has 10 heavy (non-hydrogen) atoms. The predicted octanol–water partition coefficient (Wildman–Crippen LogP) is 2.12. The number of rotatable bonds is 0. The Kier molecular flexibility index (Phi) is 3.81. The lowest BCUT2D eigenvalue weighted by molar-refractivity contribution is 0.401. The van der Waals surface area contributed by atoms with Gasteiger partial charge in [0.05, 0.1) is 3.57 Å². The van der Waals surface area contributed by atoms with Gasteiger partial charge in [-0.05, 0) is 34.7 Å². The van der Waals surface area contributed by atoms with E-state index in [2.05, 4.69) is 0 Å². The second-order valence-corrected chi connectivity index (χ2v) is 2.77. The molecule has 4 heteroatoms. The Bertz CT molecular complexity index is 207. The maximum Gasteiger partial charge on any atom is 0.171 e. The number of hydrogen-bond acceptors (Lipinski definition) is 2. The quantitative estimate of drug-likeness (QED) is 0.561. The summed E-state index contributed by atoms with van der Waals surface area (Å²) in [7, 11) is 0. The normalized spacial score (nSPS) is 8.50. The van der Waals surface area contributed by atoms with Gasteiger partial charge in [-0.25, -0.2) is 0 Å². The number of phenols is 2. The van der Waals surface area contributed by atoms with Crippen molar-refractivity contribution in [2.24, 2.45) is 0 Å². The highest BCUT2D eigenvalue weighted by atomic mass is 127. The lowest BCUT2D eigenvalue weighted by atomic mass is 10.3. The zero-order valence-corrected chi connectivity index (χ0v) is 7.89. The van der Waals surface area contributed by atoms with Gasteiger partial charge in [0.2, 0.25) is 0 Å². The molecule has 0 unspecified atom stereocenters. The van der Waals surface area contributed by atoms with Gasteiger partial charge < -0.3 is 10.2 Å². The van der Waals surface area contributed by atoms with E-state index in [-0.39, 0.29) is 23.9 Å². The van der Waals surface area contributed by atoms with Crippen LogP contribution < -0.4 is 0 Å². The highest BCUT2D eigenvalue weighted by molar-refractivity contribution is 14.1. The van der Waals surface area contributed by atoms with Gasteiger partial charge in [-0.1, -0.05) is 6.07 Å². The predicted molar refractivity (Wildman–Crippen MR) is 49.7 cm³/mol. The van der Waals surface area contributed by atoms with Crippen LogP contribution in [0.25, 0.3) is 0 Å². The molecule has 2 N–H and O–H groups in total. The number of aromatic hydroxyl groups is 2. The standard InChI is InChI=1S/C6H5IO2.ClH/c7-4-2-1-3-5(8)6(4)9;/h1-3,8-9H;1H. The summed E-state index contributed by atoms with van der Waals surface area (Å²) in [4.78, 5) is 0. The molecule has 0 aliphatic carbocycles. The zero-order valence-electron chi connectivity index (χ0n) is 4.91. The topological polar surface area (TPSA) is 40.5 Å².